The second kappa shape index (κ2) is 6.72. The predicted molar refractivity (Wildman–Crippen MR) is 87.0 cm³/mol. The summed E-state index contributed by atoms with van der Waals surface area (Å²) in [6.07, 6.45) is 0.672. The second-order valence-corrected chi connectivity index (χ2v) is 5.74. The van der Waals surface area contributed by atoms with Gasteiger partial charge in [0, 0.05) is 25.3 Å². The van der Waals surface area contributed by atoms with Crippen LogP contribution in [0, 0.1) is 12.7 Å². The fraction of sp³-hybridized carbons (Fsp3) is 0.333. The molecule has 1 unspecified atom stereocenters. The van der Waals surface area contributed by atoms with Gasteiger partial charge in [-0.25, -0.2) is 4.39 Å². The first kappa shape index (κ1) is 15.5. The summed E-state index contributed by atoms with van der Waals surface area (Å²) in [5.74, 6) is -0.210. The van der Waals surface area contributed by atoms with E-state index >= 15 is 0 Å². The van der Waals surface area contributed by atoms with Crippen LogP contribution >= 0.6 is 0 Å². The number of rotatable bonds is 5. The van der Waals surface area contributed by atoms with Gasteiger partial charge in [0.25, 0.3) is 0 Å². The maximum absolute atomic E-state index is 13.5. The van der Waals surface area contributed by atoms with Crippen molar-refractivity contribution in [2.45, 2.75) is 32.9 Å². The first-order chi connectivity index (χ1) is 9.97. The summed E-state index contributed by atoms with van der Waals surface area (Å²) in [4.78, 5) is 2.15. The smallest absolute Gasteiger partial charge is 0.123 e. The Balaban J connectivity index is 2.26. The molecule has 112 valence electrons. The Morgan fingerprint density at radius 1 is 1.14 bits per heavy atom. The van der Waals surface area contributed by atoms with Gasteiger partial charge in [0.15, 0.2) is 0 Å². The normalized spacial score (nSPS) is 12.2. The number of nitrogens with two attached hydrogens (primary N) is 1. The van der Waals surface area contributed by atoms with Crippen molar-refractivity contribution in [2.24, 2.45) is 5.73 Å². The van der Waals surface area contributed by atoms with Gasteiger partial charge in [-0.2, -0.15) is 0 Å². The summed E-state index contributed by atoms with van der Waals surface area (Å²) >= 11 is 0. The summed E-state index contributed by atoms with van der Waals surface area (Å²) in [7, 11) is 2.03. The molecular formula is C18H23FN2. The average molecular weight is 286 g/mol. The van der Waals surface area contributed by atoms with Crippen molar-refractivity contribution in [2.75, 3.05) is 11.9 Å². The van der Waals surface area contributed by atoms with Crippen molar-refractivity contribution in [3.05, 3.63) is 65.0 Å². The lowest BCUT2D eigenvalue weighted by atomic mass is 10.0. The van der Waals surface area contributed by atoms with E-state index in [2.05, 4.69) is 24.0 Å². The Kier molecular flexibility index (Phi) is 4.97. The molecule has 0 bridgehead atoms. The van der Waals surface area contributed by atoms with Crippen LogP contribution in [-0.4, -0.2) is 13.1 Å². The highest BCUT2D eigenvalue weighted by Crippen LogP contribution is 2.24. The van der Waals surface area contributed by atoms with Gasteiger partial charge in [-0.15, -0.1) is 0 Å². The molecule has 2 rings (SSSR count). The van der Waals surface area contributed by atoms with Gasteiger partial charge in [0.2, 0.25) is 0 Å². The second-order valence-electron chi connectivity index (χ2n) is 5.74. The summed E-state index contributed by atoms with van der Waals surface area (Å²) < 4.78 is 13.5. The van der Waals surface area contributed by atoms with Crippen molar-refractivity contribution >= 4 is 5.69 Å². The average Bonchev–Trinajstić information content (AvgIpc) is 2.40. The number of benzene rings is 2. The van der Waals surface area contributed by atoms with E-state index in [1.807, 2.05) is 32.2 Å². The zero-order valence-corrected chi connectivity index (χ0v) is 12.9. The minimum absolute atomic E-state index is 0.0115. The summed E-state index contributed by atoms with van der Waals surface area (Å²) in [6.45, 7) is 4.84. The first-order valence-corrected chi connectivity index (χ1v) is 7.27. The summed E-state index contributed by atoms with van der Waals surface area (Å²) in [5.41, 5.74) is 10.4. The number of halogens is 1. The Morgan fingerprint density at radius 3 is 2.52 bits per heavy atom. The third-order valence-electron chi connectivity index (χ3n) is 3.66. The lowest BCUT2D eigenvalue weighted by molar-refractivity contribution is 0.622. The molecule has 2 aromatic carbocycles. The van der Waals surface area contributed by atoms with Gasteiger partial charge in [-0.3, -0.25) is 0 Å². The zero-order valence-electron chi connectivity index (χ0n) is 12.9. The standard InChI is InChI=1S/C18H23FN2/c1-13-6-4-5-7-15(13)12-21(3)18-9-8-17(19)11-16(18)10-14(2)20/h4-9,11,14H,10,12,20H2,1-3H3. The zero-order chi connectivity index (χ0) is 15.4. The molecule has 0 aliphatic rings. The van der Waals surface area contributed by atoms with Gasteiger partial charge in [0.1, 0.15) is 5.82 Å². The van der Waals surface area contributed by atoms with E-state index < -0.39 is 0 Å². The maximum Gasteiger partial charge on any atom is 0.123 e. The fourth-order valence-corrected chi connectivity index (χ4v) is 2.57. The van der Waals surface area contributed by atoms with Crippen molar-refractivity contribution in [1.82, 2.24) is 0 Å². The molecule has 3 heteroatoms. The lowest BCUT2D eigenvalue weighted by Gasteiger charge is -2.24. The largest absolute Gasteiger partial charge is 0.370 e. The minimum Gasteiger partial charge on any atom is -0.370 e. The van der Waals surface area contributed by atoms with E-state index in [9.17, 15) is 4.39 Å². The molecule has 0 saturated heterocycles. The van der Waals surface area contributed by atoms with E-state index in [0.29, 0.717) is 6.42 Å². The van der Waals surface area contributed by atoms with Crippen LogP contribution in [0.2, 0.25) is 0 Å². The summed E-state index contributed by atoms with van der Waals surface area (Å²) in [6, 6.07) is 13.3. The molecule has 2 N–H and O–H groups in total. The molecule has 0 aliphatic heterocycles. The van der Waals surface area contributed by atoms with Crippen molar-refractivity contribution < 1.29 is 4.39 Å². The molecule has 0 spiro atoms. The highest BCUT2D eigenvalue weighted by Gasteiger charge is 2.11. The Bertz CT molecular complexity index is 608. The topological polar surface area (TPSA) is 29.3 Å². The maximum atomic E-state index is 13.5. The molecule has 0 amide bonds. The molecule has 0 saturated carbocycles. The molecule has 21 heavy (non-hydrogen) atoms. The number of hydrogen-bond donors (Lipinski definition) is 1. The van der Waals surface area contributed by atoms with Crippen LogP contribution in [0.25, 0.3) is 0 Å². The number of aryl methyl sites for hydroxylation is 1. The van der Waals surface area contributed by atoms with Crippen LogP contribution < -0.4 is 10.6 Å². The Hall–Kier alpha value is -1.87. The van der Waals surface area contributed by atoms with Crippen molar-refractivity contribution in [3.8, 4) is 0 Å². The Morgan fingerprint density at radius 2 is 1.86 bits per heavy atom. The third-order valence-corrected chi connectivity index (χ3v) is 3.66. The van der Waals surface area contributed by atoms with Gasteiger partial charge < -0.3 is 10.6 Å². The van der Waals surface area contributed by atoms with Gasteiger partial charge >= 0.3 is 0 Å². The van der Waals surface area contributed by atoms with Gasteiger partial charge in [0.05, 0.1) is 0 Å². The van der Waals surface area contributed by atoms with E-state index in [1.165, 1.54) is 17.2 Å². The quantitative estimate of drug-likeness (QED) is 0.909. The fourth-order valence-electron chi connectivity index (χ4n) is 2.57. The van der Waals surface area contributed by atoms with Crippen LogP contribution in [0.5, 0.6) is 0 Å². The lowest BCUT2D eigenvalue weighted by Crippen LogP contribution is -2.22. The minimum atomic E-state index is -0.210. The van der Waals surface area contributed by atoms with E-state index in [1.54, 1.807) is 6.07 Å². The molecular weight excluding hydrogens is 263 g/mol. The molecule has 2 aromatic rings. The van der Waals surface area contributed by atoms with Crippen LogP contribution in [0.1, 0.15) is 23.6 Å². The van der Waals surface area contributed by atoms with Crippen molar-refractivity contribution in [3.63, 3.8) is 0 Å². The summed E-state index contributed by atoms with van der Waals surface area (Å²) in [5, 5.41) is 0. The van der Waals surface area contributed by atoms with E-state index in [-0.39, 0.29) is 11.9 Å². The van der Waals surface area contributed by atoms with Crippen LogP contribution in [0.15, 0.2) is 42.5 Å². The first-order valence-electron chi connectivity index (χ1n) is 7.27. The van der Waals surface area contributed by atoms with Gasteiger partial charge in [-0.05, 0) is 55.2 Å². The van der Waals surface area contributed by atoms with Crippen molar-refractivity contribution in [1.29, 1.82) is 0 Å². The van der Waals surface area contributed by atoms with E-state index in [4.69, 9.17) is 5.73 Å². The van der Waals surface area contributed by atoms with Crippen LogP contribution in [0.3, 0.4) is 0 Å². The molecule has 0 heterocycles. The molecule has 0 aromatic heterocycles. The van der Waals surface area contributed by atoms with E-state index in [0.717, 1.165) is 17.8 Å². The third kappa shape index (κ3) is 4.05. The highest BCUT2D eigenvalue weighted by molar-refractivity contribution is 5.54. The van der Waals surface area contributed by atoms with Crippen LogP contribution in [-0.2, 0) is 13.0 Å². The highest BCUT2D eigenvalue weighted by atomic mass is 19.1. The van der Waals surface area contributed by atoms with Gasteiger partial charge in [-0.1, -0.05) is 24.3 Å². The number of hydrogen-bond acceptors (Lipinski definition) is 2. The van der Waals surface area contributed by atoms with Crippen LogP contribution in [0.4, 0.5) is 10.1 Å². The molecule has 0 aliphatic carbocycles. The molecule has 0 fully saturated rings. The Labute approximate surface area is 126 Å². The SMILES string of the molecule is Cc1ccccc1CN(C)c1ccc(F)cc1CC(C)N. The predicted octanol–water partition coefficient (Wildman–Crippen LogP) is 3.66. The molecule has 0 radical (unpaired) electrons. The number of nitrogens with zero attached hydrogens (tertiary/aromatic N) is 1. The number of anilines is 1. The monoisotopic (exact) mass is 286 g/mol. The molecule has 2 nitrogen and oxygen atoms in total. The molecule has 1 atom stereocenters.